The molecular weight excluding hydrogens is 358 g/mol. The lowest BCUT2D eigenvalue weighted by atomic mass is 9.86. The molecule has 0 aliphatic heterocycles. The van der Waals surface area contributed by atoms with Gasteiger partial charge in [0.05, 0.1) is 12.5 Å². The van der Waals surface area contributed by atoms with Crippen molar-refractivity contribution in [2.45, 2.75) is 52.5 Å². The zero-order valence-electron chi connectivity index (χ0n) is 17.2. The van der Waals surface area contributed by atoms with Crippen LogP contribution in [0.3, 0.4) is 0 Å². The van der Waals surface area contributed by atoms with Gasteiger partial charge in [0.25, 0.3) is 11.8 Å². The Kier molecular flexibility index (Phi) is 8.65. The van der Waals surface area contributed by atoms with Gasteiger partial charge in [0, 0.05) is 12.1 Å². The number of hydrogen-bond donors (Lipinski definition) is 2. The topological polar surface area (TPSA) is 108 Å². The van der Waals surface area contributed by atoms with Crippen LogP contribution in [0.4, 0.5) is 0 Å². The summed E-state index contributed by atoms with van der Waals surface area (Å²) in [7, 11) is 0. The second kappa shape index (κ2) is 10.5. The number of nitrogens with one attached hydrogen (secondary N) is 2. The third kappa shape index (κ3) is 7.39. The minimum Gasteiger partial charge on any atom is -0.454 e. The van der Waals surface area contributed by atoms with E-state index in [4.69, 9.17) is 10.00 Å². The fourth-order valence-corrected chi connectivity index (χ4v) is 2.38. The molecule has 152 valence electrons. The van der Waals surface area contributed by atoms with E-state index in [9.17, 15) is 14.4 Å². The summed E-state index contributed by atoms with van der Waals surface area (Å²) in [5.41, 5.74) is 1.53. The number of hydrogen-bond acceptors (Lipinski definition) is 5. The molecule has 1 rings (SSSR count). The highest BCUT2D eigenvalue weighted by Gasteiger charge is 2.27. The summed E-state index contributed by atoms with van der Waals surface area (Å²) in [5, 5.41) is 13.6. The number of carbonyl (C=O) groups is 3. The molecule has 7 heteroatoms. The molecule has 0 aromatic heterocycles. The summed E-state index contributed by atoms with van der Waals surface area (Å²) >= 11 is 0. The number of esters is 1. The van der Waals surface area contributed by atoms with Crippen LogP contribution < -0.4 is 10.6 Å². The van der Waals surface area contributed by atoms with E-state index in [1.807, 2.05) is 18.2 Å². The molecule has 0 heterocycles. The Labute approximate surface area is 166 Å². The maximum Gasteiger partial charge on any atom is 0.329 e. The van der Waals surface area contributed by atoms with Gasteiger partial charge in [-0.05, 0) is 29.0 Å². The normalized spacial score (nSPS) is 12.0. The number of nitriles is 1. The molecule has 1 aromatic carbocycles. The van der Waals surface area contributed by atoms with Crippen molar-refractivity contribution in [3.63, 3.8) is 0 Å². The Bertz CT molecular complexity index is 728. The predicted octanol–water partition coefficient (Wildman–Crippen LogP) is 2.31. The number of ether oxygens (including phenoxy) is 1. The highest BCUT2D eigenvalue weighted by molar-refractivity contribution is 5.97. The van der Waals surface area contributed by atoms with E-state index in [1.165, 1.54) is 0 Å². The van der Waals surface area contributed by atoms with Gasteiger partial charge < -0.3 is 15.4 Å². The zero-order valence-corrected chi connectivity index (χ0v) is 17.2. The van der Waals surface area contributed by atoms with Gasteiger partial charge in [-0.3, -0.25) is 9.59 Å². The van der Waals surface area contributed by atoms with Crippen LogP contribution in [0.25, 0.3) is 0 Å². The highest BCUT2D eigenvalue weighted by atomic mass is 16.5. The van der Waals surface area contributed by atoms with Crippen molar-refractivity contribution in [1.29, 1.82) is 5.26 Å². The van der Waals surface area contributed by atoms with Crippen LogP contribution in [0.5, 0.6) is 0 Å². The van der Waals surface area contributed by atoms with Crippen LogP contribution in [-0.2, 0) is 19.7 Å². The van der Waals surface area contributed by atoms with Gasteiger partial charge >= 0.3 is 5.97 Å². The molecule has 7 nitrogen and oxygen atoms in total. The fraction of sp³-hybridized carbons (Fsp3) is 0.524. The molecule has 0 aliphatic rings. The Morgan fingerprint density at radius 3 is 2.25 bits per heavy atom. The maximum atomic E-state index is 12.5. The molecule has 1 aromatic rings. The van der Waals surface area contributed by atoms with Crippen LogP contribution >= 0.6 is 0 Å². The summed E-state index contributed by atoms with van der Waals surface area (Å²) in [5.74, 6) is -1.76. The van der Waals surface area contributed by atoms with E-state index >= 15 is 0 Å². The Balaban J connectivity index is 2.68. The lowest BCUT2D eigenvalue weighted by molar-refractivity contribution is -0.151. The second-order valence-electron chi connectivity index (χ2n) is 7.89. The van der Waals surface area contributed by atoms with Crippen molar-refractivity contribution in [3.05, 3.63) is 35.4 Å². The van der Waals surface area contributed by atoms with Gasteiger partial charge in [0.15, 0.2) is 6.61 Å². The average Bonchev–Trinajstić information content (AvgIpc) is 2.63. The van der Waals surface area contributed by atoms with E-state index in [0.717, 1.165) is 5.56 Å². The van der Waals surface area contributed by atoms with Crippen LogP contribution in [0.2, 0.25) is 0 Å². The van der Waals surface area contributed by atoms with Crippen molar-refractivity contribution >= 4 is 17.8 Å². The van der Waals surface area contributed by atoms with E-state index in [2.05, 4.69) is 31.4 Å². The molecule has 2 N–H and O–H groups in total. The number of rotatable bonds is 8. The van der Waals surface area contributed by atoms with E-state index in [0.29, 0.717) is 5.56 Å². The molecule has 0 unspecified atom stereocenters. The lowest BCUT2D eigenvalue weighted by Gasteiger charge is -2.22. The molecule has 0 spiro atoms. The van der Waals surface area contributed by atoms with Gasteiger partial charge in [-0.25, -0.2) is 4.79 Å². The fourth-order valence-electron chi connectivity index (χ4n) is 2.38. The van der Waals surface area contributed by atoms with Crippen LogP contribution in [-0.4, -0.2) is 37.0 Å². The third-order valence-electron chi connectivity index (χ3n) is 4.12. The van der Waals surface area contributed by atoms with E-state index in [1.54, 1.807) is 26.0 Å². The van der Waals surface area contributed by atoms with Crippen LogP contribution in [0.1, 0.15) is 57.0 Å². The molecule has 0 fully saturated rings. The largest absolute Gasteiger partial charge is 0.454 e. The quantitative estimate of drug-likeness (QED) is 0.526. The third-order valence-corrected chi connectivity index (χ3v) is 4.12. The van der Waals surface area contributed by atoms with Gasteiger partial charge in [-0.15, -0.1) is 0 Å². The maximum absolute atomic E-state index is 12.5. The summed E-state index contributed by atoms with van der Waals surface area (Å²) in [6.07, 6.45) is 0.179. The number of carbonyl (C=O) groups excluding carboxylic acids is 3. The molecule has 28 heavy (non-hydrogen) atoms. The SMILES string of the molecule is CC(C)[C@H](NC(=O)c1ccc(C(C)(C)C)cc1)C(=O)OCC(=O)NCCC#N. The molecule has 0 radical (unpaired) electrons. The first-order valence-corrected chi connectivity index (χ1v) is 9.28. The molecule has 0 saturated heterocycles. The van der Waals surface area contributed by atoms with Gasteiger partial charge in [0.1, 0.15) is 6.04 Å². The standard InChI is InChI=1S/C21H29N3O4/c1-14(2)18(20(27)28-13-17(25)23-12-6-11-22)24-19(26)15-7-9-16(10-8-15)21(3,4)5/h7-10,14,18H,6,12-13H2,1-5H3,(H,23,25)(H,24,26)/t18-/m0/s1. The minimum atomic E-state index is -0.873. The molecule has 2 amide bonds. The Morgan fingerprint density at radius 2 is 1.75 bits per heavy atom. The first-order valence-electron chi connectivity index (χ1n) is 9.28. The summed E-state index contributed by atoms with van der Waals surface area (Å²) in [6.45, 7) is 9.56. The lowest BCUT2D eigenvalue weighted by Crippen LogP contribution is -2.46. The van der Waals surface area contributed by atoms with Gasteiger partial charge in [0.2, 0.25) is 0 Å². The highest BCUT2D eigenvalue weighted by Crippen LogP contribution is 2.22. The van der Waals surface area contributed by atoms with E-state index in [-0.39, 0.29) is 30.2 Å². The molecule has 0 aliphatic carbocycles. The number of nitrogens with zero attached hydrogens (tertiary/aromatic N) is 1. The smallest absolute Gasteiger partial charge is 0.329 e. The Morgan fingerprint density at radius 1 is 1.14 bits per heavy atom. The van der Waals surface area contributed by atoms with Crippen molar-refractivity contribution < 1.29 is 19.1 Å². The van der Waals surface area contributed by atoms with Crippen LogP contribution in [0, 0.1) is 17.2 Å². The number of benzene rings is 1. The first kappa shape index (κ1) is 23.2. The minimum absolute atomic E-state index is 0.0207. The second-order valence-corrected chi connectivity index (χ2v) is 7.89. The zero-order chi connectivity index (χ0) is 21.3. The van der Waals surface area contributed by atoms with Gasteiger partial charge in [-0.2, -0.15) is 5.26 Å². The summed E-state index contributed by atoms with van der Waals surface area (Å²) in [6, 6.07) is 8.26. The summed E-state index contributed by atoms with van der Waals surface area (Å²) in [4.78, 5) is 36.4. The first-order chi connectivity index (χ1) is 13.1. The molecule has 0 bridgehead atoms. The van der Waals surface area contributed by atoms with Crippen molar-refractivity contribution in [3.8, 4) is 6.07 Å². The molecule has 0 saturated carbocycles. The van der Waals surface area contributed by atoms with Crippen molar-refractivity contribution in [1.82, 2.24) is 10.6 Å². The molecular formula is C21H29N3O4. The average molecular weight is 387 g/mol. The molecule has 1 atom stereocenters. The predicted molar refractivity (Wildman–Crippen MR) is 105 cm³/mol. The Hall–Kier alpha value is -2.88. The summed E-state index contributed by atoms with van der Waals surface area (Å²) < 4.78 is 5.01. The number of amides is 2. The van der Waals surface area contributed by atoms with Crippen molar-refractivity contribution in [2.75, 3.05) is 13.2 Å². The van der Waals surface area contributed by atoms with E-state index < -0.39 is 24.5 Å². The monoisotopic (exact) mass is 387 g/mol. The van der Waals surface area contributed by atoms with Crippen molar-refractivity contribution in [2.24, 2.45) is 5.92 Å². The van der Waals surface area contributed by atoms with Gasteiger partial charge in [-0.1, -0.05) is 46.8 Å². The van der Waals surface area contributed by atoms with Crippen LogP contribution in [0.15, 0.2) is 24.3 Å².